The normalized spacial score (nSPS) is 16.1. The molecule has 1 aromatic heterocycles. The van der Waals surface area contributed by atoms with Gasteiger partial charge in [0.2, 0.25) is 5.89 Å². The van der Waals surface area contributed by atoms with Gasteiger partial charge in [-0.2, -0.15) is 5.26 Å². The van der Waals surface area contributed by atoms with Crippen LogP contribution in [0.4, 0.5) is 0 Å². The third kappa shape index (κ3) is 3.91. The molecule has 1 aliphatic rings. The summed E-state index contributed by atoms with van der Waals surface area (Å²) in [5, 5.41) is 12.7. The molecule has 29 heavy (non-hydrogen) atoms. The Kier molecular flexibility index (Phi) is 5.65. The number of esters is 1. The molecule has 6 nitrogen and oxygen atoms in total. The van der Waals surface area contributed by atoms with Crippen LogP contribution in [0.25, 0.3) is 22.6 Å². The first kappa shape index (κ1) is 19.6. The van der Waals surface area contributed by atoms with Crippen molar-refractivity contribution in [2.75, 3.05) is 13.1 Å². The summed E-state index contributed by atoms with van der Waals surface area (Å²) in [5.74, 6) is 0.161. The zero-order valence-corrected chi connectivity index (χ0v) is 17.6. The topological polar surface area (TPSA) is 88.1 Å². The number of ether oxygens (including phenoxy) is 1. The van der Waals surface area contributed by atoms with Gasteiger partial charge in [0, 0.05) is 16.6 Å². The number of benzene rings is 2. The smallest absolute Gasteiger partial charge is 0.310 e. The van der Waals surface area contributed by atoms with E-state index in [9.17, 15) is 10.1 Å². The zero-order chi connectivity index (χ0) is 20.4. The van der Waals surface area contributed by atoms with Crippen LogP contribution in [0.3, 0.4) is 0 Å². The SMILES string of the molecule is CCc1c(Br)cccc1-c1nc2cc(COC(=O)C3CCNC3)cc(C#N)c2o1. The van der Waals surface area contributed by atoms with Crippen LogP contribution < -0.4 is 5.32 Å². The summed E-state index contributed by atoms with van der Waals surface area (Å²) in [7, 11) is 0. The van der Waals surface area contributed by atoms with E-state index < -0.39 is 0 Å². The summed E-state index contributed by atoms with van der Waals surface area (Å²) < 4.78 is 12.4. The number of nitrogens with one attached hydrogen (secondary N) is 1. The Morgan fingerprint density at radius 3 is 3.03 bits per heavy atom. The lowest BCUT2D eigenvalue weighted by atomic mass is 10.1. The molecule has 148 valence electrons. The molecule has 1 N–H and O–H groups in total. The van der Waals surface area contributed by atoms with Gasteiger partial charge in [-0.05, 0) is 54.8 Å². The lowest BCUT2D eigenvalue weighted by molar-refractivity contribution is -0.149. The molecular formula is C22H20BrN3O3. The molecule has 1 atom stereocenters. The van der Waals surface area contributed by atoms with Crippen LogP contribution in [0.15, 0.2) is 39.2 Å². The minimum Gasteiger partial charge on any atom is -0.461 e. The molecule has 0 bridgehead atoms. The lowest BCUT2D eigenvalue weighted by Gasteiger charge is -2.09. The number of aromatic nitrogens is 1. The number of hydrogen-bond donors (Lipinski definition) is 1. The summed E-state index contributed by atoms with van der Waals surface area (Å²) in [6.45, 7) is 3.67. The maximum atomic E-state index is 12.2. The lowest BCUT2D eigenvalue weighted by Crippen LogP contribution is -2.20. The maximum absolute atomic E-state index is 12.2. The van der Waals surface area contributed by atoms with Gasteiger partial charge >= 0.3 is 5.97 Å². The van der Waals surface area contributed by atoms with E-state index in [0.717, 1.165) is 40.5 Å². The van der Waals surface area contributed by atoms with Gasteiger partial charge < -0.3 is 14.5 Å². The van der Waals surface area contributed by atoms with Crippen molar-refractivity contribution in [2.45, 2.75) is 26.4 Å². The van der Waals surface area contributed by atoms with Gasteiger partial charge in [0.1, 0.15) is 18.2 Å². The Balaban J connectivity index is 1.65. The fraction of sp³-hybridized carbons (Fsp3) is 0.318. The van der Waals surface area contributed by atoms with Crippen LogP contribution in [-0.4, -0.2) is 24.0 Å². The number of hydrogen-bond acceptors (Lipinski definition) is 6. The predicted molar refractivity (Wildman–Crippen MR) is 112 cm³/mol. The minimum atomic E-state index is -0.212. The molecular weight excluding hydrogens is 434 g/mol. The van der Waals surface area contributed by atoms with Crippen LogP contribution >= 0.6 is 15.9 Å². The molecule has 0 spiro atoms. The number of carbonyl (C=O) groups is 1. The number of halogens is 1. The van der Waals surface area contributed by atoms with Crippen LogP contribution in [0.2, 0.25) is 0 Å². The second-order valence-electron chi connectivity index (χ2n) is 7.04. The molecule has 7 heteroatoms. The van der Waals surface area contributed by atoms with E-state index in [-0.39, 0.29) is 18.5 Å². The molecule has 3 aromatic rings. The molecule has 2 heterocycles. The Hall–Kier alpha value is -2.69. The first-order valence-corrected chi connectivity index (χ1v) is 10.4. The predicted octanol–water partition coefficient (Wildman–Crippen LogP) is 4.34. The first-order valence-electron chi connectivity index (χ1n) is 9.59. The first-order chi connectivity index (χ1) is 14.1. The highest BCUT2D eigenvalue weighted by atomic mass is 79.9. The zero-order valence-electron chi connectivity index (χ0n) is 16.0. The van der Waals surface area contributed by atoms with Gasteiger partial charge in [-0.15, -0.1) is 0 Å². The van der Waals surface area contributed by atoms with Crippen molar-refractivity contribution in [3.05, 3.63) is 51.5 Å². The van der Waals surface area contributed by atoms with Gasteiger partial charge in [0.05, 0.1) is 11.5 Å². The number of carbonyl (C=O) groups excluding carboxylic acids is 1. The highest BCUT2D eigenvalue weighted by Crippen LogP contribution is 2.33. The summed E-state index contributed by atoms with van der Waals surface area (Å²) in [5.41, 5.74) is 4.11. The van der Waals surface area contributed by atoms with Crippen molar-refractivity contribution < 1.29 is 13.9 Å². The maximum Gasteiger partial charge on any atom is 0.310 e. The monoisotopic (exact) mass is 453 g/mol. The van der Waals surface area contributed by atoms with E-state index in [2.05, 4.69) is 39.2 Å². The molecule has 0 saturated carbocycles. The number of oxazole rings is 1. The molecule has 2 aromatic carbocycles. The Labute approximate surface area is 177 Å². The fourth-order valence-electron chi connectivity index (χ4n) is 3.62. The fourth-order valence-corrected chi connectivity index (χ4v) is 4.27. The number of nitriles is 1. The summed E-state index contributed by atoms with van der Waals surface area (Å²) in [6, 6.07) is 11.5. The van der Waals surface area contributed by atoms with E-state index in [1.807, 2.05) is 24.3 Å². The Morgan fingerprint density at radius 2 is 2.31 bits per heavy atom. The van der Waals surface area contributed by atoms with Crippen molar-refractivity contribution >= 4 is 33.0 Å². The van der Waals surface area contributed by atoms with Gasteiger partial charge in [-0.3, -0.25) is 4.79 Å². The number of rotatable bonds is 5. The molecule has 1 aliphatic heterocycles. The van der Waals surface area contributed by atoms with Gasteiger partial charge in [-0.25, -0.2) is 4.98 Å². The molecule has 1 unspecified atom stereocenters. The molecule has 0 aliphatic carbocycles. The van der Waals surface area contributed by atoms with E-state index in [4.69, 9.17) is 9.15 Å². The average molecular weight is 454 g/mol. The van der Waals surface area contributed by atoms with Crippen molar-refractivity contribution in [1.82, 2.24) is 10.3 Å². The van der Waals surface area contributed by atoms with Gasteiger partial charge in [-0.1, -0.05) is 28.9 Å². The second kappa shape index (κ2) is 8.36. The third-order valence-corrected chi connectivity index (χ3v) is 5.89. The van der Waals surface area contributed by atoms with Crippen molar-refractivity contribution in [3.8, 4) is 17.5 Å². The quantitative estimate of drug-likeness (QED) is 0.577. The summed E-state index contributed by atoms with van der Waals surface area (Å²) in [6.07, 6.45) is 1.61. The molecule has 0 radical (unpaired) electrons. The number of fused-ring (bicyclic) bond motifs is 1. The molecule has 1 saturated heterocycles. The van der Waals surface area contributed by atoms with E-state index in [1.54, 1.807) is 6.07 Å². The van der Waals surface area contributed by atoms with Gasteiger partial charge in [0.25, 0.3) is 0 Å². The Bertz CT molecular complexity index is 1110. The largest absolute Gasteiger partial charge is 0.461 e. The van der Waals surface area contributed by atoms with Crippen molar-refractivity contribution in [1.29, 1.82) is 5.26 Å². The molecule has 1 fully saturated rings. The van der Waals surface area contributed by atoms with Crippen LogP contribution in [0.1, 0.15) is 30.0 Å². The summed E-state index contributed by atoms with van der Waals surface area (Å²) in [4.78, 5) is 16.8. The third-order valence-electron chi connectivity index (χ3n) is 5.15. The second-order valence-corrected chi connectivity index (χ2v) is 7.89. The average Bonchev–Trinajstić information content (AvgIpc) is 3.41. The van der Waals surface area contributed by atoms with Gasteiger partial charge in [0.15, 0.2) is 5.58 Å². The highest BCUT2D eigenvalue weighted by Gasteiger charge is 2.24. The van der Waals surface area contributed by atoms with Crippen LogP contribution in [0, 0.1) is 17.2 Å². The van der Waals surface area contributed by atoms with Crippen LogP contribution in [0.5, 0.6) is 0 Å². The van der Waals surface area contributed by atoms with E-state index in [1.165, 1.54) is 0 Å². The van der Waals surface area contributed by atoms with E-state index >= 15 is 0 Å². The molecule has 4 rings (SSSR count). The summed E-state index contributed by atoms with van der Waals surface area (Å²) >= 11 is 3.58. The standard InChI is InChI=1S/C22H20BrN3O3/c1-2-16-17(4-3-5-18(16)23)21-26-19-9-13(8-15(10-24)20(19)29-21)12-28-22(27)14-6-7-25-11-14/h3-5,8-9,14,25H,2,6-7,11-12H2,1H3. The minimum absolute atomic E-state index is 0.100. The molecule has 0 amide bonds. The highest BCUT2D eigenvalue weighted by molar-refractivity contribution is 9.10. The van der Waals surface area contributed by atoms with Crippen molar-refractivity contribution in [2.24, 2.45) is 5.92 Å². The van der Waals surface area contributed by atoms with E-state index in [0.29, 0.717) is 29.1 Å². The van der Waals surface area contributed by atoms with Crippen molar-refractivity contribution in [3.63, 3.8) is 0 Å². The number of nitrogens with zero attached hydrogens (tertiary/aromatic N) is 2. The van der Waals surface area contributed by atoms with Crippen LogP contribution in [-0.2, 0) is 22.6 Å². The Morgan fingerprint density at radius 1 is 1.45 bits per heavy atom.